The Balaban J connectivity index is 2.86. The van der Waals surface area contributed by atoms with E-state index in [1.807, 2.05) is 0 Å². The molecule has 0 fully saturated rings. The molecule has 0 aliphatic rings. The molecule has 0 saturated heterocycles. The smallest absolute Gasteiger partial charge is 0.283 e. The third-order valence-corrected chi connectivity index (χ3v) is 1.80. The van der Waals surface area contributed by atoms with Gasteiger partial charge in [-0.25, -0.2) is 0 Å². The minimum atomic E-state index is -0.467. The molecule has 0 saturated carbocycles. The Hall–Kier alpha value is -0.930. The number of rotatable bonds is 2. The number of carbonyl (C=O) groups excluding carboxylic acids is 1. The van der Waals surface area contributed by atoms with Crippen LogP contribution >= 0.6 is 23.6 Å². The maximum absolute atomic E-state index is 11.2. The average Bonchev–Trinajstić information content (AvgIpc) is 2.17. The topological polar surface area (TPSA) is 29.5 Å². The van der Waals surface area contributed by atoms with Crippen molar-refractivity contribution >= 4 is 29.5 Å². The Labute approximate surface area is 86.0 Å². The third-order valence-electron chi connectivity index (χ3n) is 1.49. The second-order valence-corrected chi connectivity index (χ2v) is 3.12. The van der Waals surface area contributed by atoms with Crippen molar-refractivity contribution in [3.05, 3.63) is 29.8 Å². The van der Waals surface area contributed by atoms with Crippen molar-refractivity contribution in [1.29, 1.82) is 0 Å². The van der Waals surface area contributed by atoms with Gasteiger partial charge in [-0.15, -0.1) is 0 Å². The van der Waals surface area contributed by atoms with Crippen molar-refractivity contribution in [2.24, 2.45) is 0 Å². The second kappa shape index (κ2) is 4.35. The normalized spacial score (nSPS) is 9.46. The van der Waals surface area contributed by atoms with Gasteiger partial charge in [0, 0.05) is 29.1 Å². The zero-order valence-electron chi connectivity index (χ0n) is 6.83. The molecular weight excluding hydrogens is 213 g/mol. The molecule has 1 rings (SSSR count). The third kappa shape index (κ3) is 2.50. The minimum absolute atomic E-state index is 0.408. The first kappa shape index (κ1) is 10.2. The predicted octanol–water partition coefficient (Wildman–Crippen LogP) is 2.45. The van der Waals surface area contributed by atoms with E-state index in [0.29, 0.717) is 15.3 Å². The largest absolute Gasteiger partial charge is 0.497 e. The van der Waals surface area contributed by atoms with E-state index in [1.54, 1.807) is 31.4 Å². The van der Waals surface area contributed by atoms with Gasteiger partial charge in [0.15, 0.2) is 0 Å². The lowest BCUT2D eigenvalue weighted by Crippen LogP contribution is -2.10. The van der Waals surface area contributed by atoms with Gasteiger partial charge in [0.25, 0.3) is 5.91 Å². The molecule has 5 heteroatoms. The van der Waals surface area contributed by atoms with Crippen molar-refractivity contribution in [2.45, 2.75) is 0 Å². The molecule has 3 nitrogen and oxygen atoms in total. The van der Waals surface area contributed by atoms with E-state index in [-0.39, 0.29) is 0 Å². The lowest BCUT2D eigenvalue weighted by atomic mass is 10.2. The monoisotopic (exact) mass is 219 g/mol. The number of hydrogen-bond acceptors (Lipinski definition) is 2. The zero-order valence-corrected chi connectivity index (χ0v) is 8.34. The number of nitrogens with zero attached hydrogens (tertiary/aromatic N) is 1. The van der Waals surface area contributed by atoms with Gasteiger partial charge in [-0.1, -0.05) is 0 Å². The van der Waals surface area contributed by atoms with Crippen LogP contribution in [0.1, 0.15) is 10.4 Å². The fourth-order valence-electron chi connectivity index (χ4n) is 0.831. The molecule has 1 aromatic rings. The van der Waals surface area contributed by atoms with Gasteiger partial charge in [-0.05, 0) is 24.3 Å². The van der Waals surface area contributed by atoms with Gasteiger partial charge in [0.1, 0.15) is 5.75 Å². The molecule has 1 amide bonds. The van der Waals surface area contributed by atoms with E-state index in [4.69, 9.17) is 28.3 Å². The number of hydrogen-bond donors (Lipinski definition) is 0. The summed E-state index contributed by atoms with van der Waals surface area (Å²) in [5.41, 5.74) is 0.408. The molecule has 70 valence electrons. The molecule has 0 bridgehead atoms. The standard InChI is InChI=1S/C8H7Cl2NO2/c1-13-7-4-2-6(3-5-7)8(12)11(9)10/h2-5H,1H3. The number of amides is 1. The molecule has 0 radical (unpaired) electrons. The lowest BCUT2D eigenvalue weighted by Gasteiger charge is -2.04. The predicted molar refractivity (Wildman–Crippen MR) is 50.9 cm³/mol. The van der Waals surface area contributed by atoms with Gasteiger partial charge in [0.05, 0.1) is 7.11 Å². The van der Waals surface area contributed by atoms with Gasteiger partial charge in [-0.3, -0.25) is 4.79 Å². The Morgan fingerprint density at radius 1 is 1.31 bits per heavy atom. The van der Waals surface area contributed by atoms with Crippen LogP contribution in [-0.4, -0.2) is 17.0 Å². The van der Waals surface area contributed by atoms with Gasteiger partial charge < -0.3 is 4.74 Å². The Kier molecular flexibility index (Phi) is 3.39. The van der Waals surface area contributed by atoms with E-state index in [0.717, 1.165) is 0 Å². The van der Waals surface area contributed by atoms with Crippen LogP contribution in [0.4, 0.5) is 0 Å². The van der Waals surface area contributed by atoms with Gasteiger partial charge in [0.2, 0.25) is 0 Å². The van der Waals surface area contributed by atoms with Crippen LogP contribution in [0.3, 0.4) is 0 Å². The summed E-state index contributed by atoms with van der Waals surface area (Å²) in [4.78, 5) is 11.2. The summed E-state index contributed by atoms with van der Waals surface area (Å²) in [5, 5.41) is 0. The fourth-order valence-corrected chi connectivity index (χ4v) is 1.03. The highest BCUT2D eigenvalue weighted by Crippen LogP contribution is 2.14. The number of halogens is 2. The summed E-state index contributed by atoms with van der Waals surface area (Å²) in [6.07, 6.45) is 0. The maximum atomic E-state index is 11.2. The molecule has 0 N–H and O–H groups in total. The van der Waals surface area contributed by atoms with Crippen LogP contribution in [0.2, 0.25) is 0 Å². The average molecular weight is 220 g/mol. The molecule has 1 aromatic carbocycles. The SMILES string of the molecule is COc1ccc(C(=O)N(Cl)Cl)cc1. The Morgan fingerprint density at radius 2 is 1.85 bits per heavy atom. The first-order chi connectivity index (χ1) is 6.15. The quantitative estimate of drug-likeness (QED) is 0.716. The van der Waals surface area contributed by atoms with E-state index >= 15 is 0 Å². The summed E-state index contributed by atoms with van der Waals surface area (Å²) in [6.45, 7) is 0. The summed E-state index contributed by atoms with van der Waals surface area (Å²) in [7, 11) is 1.55. The zero-order chi connectivity index (χ0) is 9.84. The Morgan fingerprint density at radius 3 is 2.23 bits per heavy atom. The van der Waals surface area contributed by atoms with E-state index in [9.17, 15) is 4.79 Å². The molecule has 0 aromatic heterocycles. The van der Waals surface area contributed by atoms with E-state index in [1.165, 1.54) is 0 Å². The van der Waals surface area contributed by atoms with Gasteiger partial charge in [-0.2, -0.15) is 3.94 Å². The summed E-state index contributed by atoms with van der Waals surface area (Å²) in [6, 6.07) is 6.48. The molecular formula is C8H7Cl2NO2. The maximum Gasteiger partial charge on any atom is 0.283 e. The molecule has 13 heavy (non-hydrogen) atoms. The van der Waals surface area contributed by atoms with Crippen LogP contribution in [0, 0.1) is 0 Å². The minimum Gasteiger partial charge on any atom is -0.497 e. The van der Waals surface area contributed by atoms with Crippen molar-refractivity contribution in [2.75, 3.05) is 7.11 Å². The number of benzene rings is 1. The van der Waals surface area contributed by atoms with Crippen LogP contribution in [0.5, 0.6) is 5.75 Å². The highest BCUT2D eigenvalue weighted by molar-refractivity contribution is 6.43. The molecule has 0 aliphatic carbocycles. The second-order valence-electron chi connectivity index (χ2n) is 2.27. The summed E-state index contributed by atoms with van der Waals surface area (Å²) in [5.74, 6) is 0.207. The molecule has 0 atom stereocenters. The van der Waals surface area contributed by atoms with Crippen molar-refractivity contribution in [3.63, 3.8) is 0 Å². The number of carbonyl (C=O) groups is 1. The Bertz CT molecular complexity index is 298. The highest BCUT2D eigenvalue weighted by atomic mass is 35.5. The van der Waals surface area contributed by atoms with E-state index in [2.05, 4.69) is 0 Å². The fraction of sp³-hybridized carbons (Fsp3) is 0.125. The first-order valence-corrected chi connectivity index (χ1v) is 4.13. The van der Waals surface area contributed by atoms with Crippen molar-refractivity contribution in [1.82, 2.24) is 3.94 Å². The molecule has 0 spiro atoms. The number of methoxy groups -OCH3 is 1. The summed E-state index contributed by atoms with van der Waals surface area (Å²) < 4.78 is 5.41. The molecule has 0 heterocycles. The van der Waals surface area contributed by atoms with Crippen molar-refractivity contribution in [3.8, 4) is 5.75 Å². The van der Waals surface area contributed by atoms with E-state index < -0.39 is 5.91 Å². The van der Waals surface area contributed by atoms with Crippen LogP contribution < -0.4 is 4.74 Å². The molecule has 0 unspecified atom stereocenters. The van der Waals surface area contributed by atoms with Crippen LogP contribution in [0.15, 0.2) is 24.3 Å². The first-order valence-electron chi connectivity index (χ1n) is 3.45. The van der Waals surface area contributed by atoms with Crippen molar-refractivity contribution < 1.29 is 9.53 Å². The van der Waals surface area contributed by atoms with Crippen LogP contribution in [-0.2, 0) is 0 Å². The van der Waals surface area contributed by atoms with Crippen LogP contribution in [0.25, 0.3) is 0 Å². The number of ether oxygens (including phenoxy) is 1. The molecule has 0 aliphatic heterocycles. The highest BCUT2D eigenvalue weighted by Gasteiger charge is 2.10. The van der Waals surface area contributed by atoms with Gasteiger partial charge >= 0.3 is 0 Å². The lowest BCUT2D eigenvalue weighted by molar-refractivity contribution is 0.0924. The summed E-state index contributed by atoms with van der Waals surface area (Å²) >= 11 is 10.5.